The number of nitrogens with one attached hydrogen (secondary N) is 1. The molecular formula is C20H27N5O2. The van der Waals surface area contributed by atoms with Crippen LogP contribution in [0.3, 0.4) is 0 Å². The maximum Gasteiger partial charge on any atom is 0.257 e. The highest BCUT2D eigenvalue weighted by Gasteiger charge is 2.29. The molecule has 3 rings (SSSR count). The summed E-state index contributed by atoms with van der Waals surface area (Å²) in [5.74, 6) is 0.00330. The number of carbonyl (C=O) groups is 2. The topological polar surface area (TPSA) is 80.1 Å². The molecule has 1 saturated heterocycles. The molecule has 2 aromatic rings. The number of aromatic nitrogens is 3. The Labute approximate surface area is 159 Å². The predicted octanol–water partition coefficient (Wildman–Crippen LogP) is 2.17. The second kappa shape index (κ2) is 8.79. The monoisotopic (exact) mass is 369 g/mol. The average molecular weight is 369 g/mol. The van der Waals surface area contributed by atoms with Crippen LogP contribution in [0.5, 0.6) is 0 Å². The maximum atomic E-state index is 12.8. The van der Waals surface area contributed by atoms with Gasteiger partial charge in [-0.15, -0.1) is 0 Å². The zero-order valence-corrected chi connectivity index (χ0v) is 16.0. The highest BCUT2D eigenvalue weighted by atomic mass is 16.2. The average Bonchev–Trinajstić information content (AvgIpc) is 3.07. The number of likely N-dealkylation sites (tertiary alicyclic amines) is 1. The summed E-state index contributed by atoms with van der Waals surface area (Å²) in [5.41, 5.74) is 2.28. The van der Waals surface area contributed by atoms with Gasteiger partial charge in [-0.2, -0.15) is 5.10 Å². The quantitative estimate of drug-likeness (QED) is 0.846. The van der Waals surface area contributed by atoms with Gasteiger partial charge in [0.15, 0.2) is 0 Å². The minimum atomic E-state index is -0.0540. The van der Waals surface area contributed by atoms with Crippen LogP contribution in [-0.4, -0.2) is 44.6 Å². The van der Waals surface area contributed by atoms with Gasteiger partial charge >= 0.3 is 0 Å². The predicted molar refractivity (Wildman–Crippen MR) is 102 cm³/mol. The molecule has 0 spiro atoms. The van der Waals surface area contributed by atoms with E-state index in [1.165, 1.54) is 0 Å². The van der Waals surface area contributed by atoms with Gasteiger partial charge in [-0.25, -0.2) is 0 Å². The van der Waals surface area contributed by atoms with Crippen LogP contribution in [0.25, 0.3) is 0 Å². The van der Waals surface area contributed by atoms with E-state index in [1.54, 1.807) is 6.20 Å². The summed E-state index contributed by atoms with van der Waals surface area (Å²) in [7, 11) is 0. The smallest absolute Gasteiger partial charge is 0.257 e. The Morgan fingerprint density at radius 2 is 2.04 bits per heavy atom. The minimum Gasteiger partial charge on any atom is -0.350 e. The second-order valence-corrected chi connectivity index (χ2v) is 7.00. The van der Waals surface area contributed by atoms with Crippen LogP contribution in [0.4, 0.5) is 0 Å². The molecule has 0 aliphatic carbocycles. The molecule has 3 heterocycles. The van der Waals surface area contributed by atoms with Crippen LogP contribution >= 0.6 is 0 Å². The SMILES string of the molecule is CCCn1cc(C(=O)N2CCC(C(=O)NCc3ccccn3)CC2)c(C)n1. The van der Waals surface area contributed by atoms with Crippen LogP contribution in [0.2, 0.25) is 0 Å². The first-order chi connectivity index (χ1) is 13.1. The van der Waals surface area contributed by atoms with Gasteiger partial charge in [0.1, 0.15) is 0 Å². The van der Waals surface area contributed by atoms with Crippen molar-refractivity contribution in [2.45, 2.75) is 46.2 Å². The summed E-state index contributed by atoms with van der Waals surface area (Å²) in [5, 5.41) is 7.36. The van der Waals surface area contributed by atoms with Gasteiger partial charge in [0, 0.05) is 37.9 Å². The molecule has 7 heteroatoms. The van der Waals surface area contributed by atoms with Crippen molar-refractivity contribution in [2.24, 2.45) is 5.92 Å². The van der Waals surface area contributed by atoms with Crippen molar-refractivity contribution < 1.29 is 9.59 Å². The molecule has 0 atom stereocenters. The molecule has 1 aliphatic rings. The lowest BCUT2D eigenvalue weighted by atomic mass is 9.95. The van der Waals surface area contributed by atoms with Gasteiger partial charge in [0.25, 0.3) is 5.91 Å². The van der Waals surface area contributed by atoms with Crippen molar-refractivity contribution >= 4 is 11.8 Å². The fourth-order valence-electron chi connectivity index (χ4n) is 3.41. The van der Waals surface area contributed by atoms with E-state index >= 15 is 0 Å². The Bertz CT molecular complexity index is 779. The van der Waals surface area contributed by atoms with E-state index in [4.69, 9.17) is 0 Å². The van der Waals surface area contributed by atoms with Crippen molar-refractivity contribution in [1.82, 2.24) is 25.0 Å². The molecule has 0 bridgehead atoms. The molecular weight excluding hydrogens is 342 g/mol. The van der Waals surface area contributed by atoms with E-state index in [9.17, 15) is 9.59 Å². The van der Waals surface area contributed by atoms with E-state index in [1.807, 2.05) is 40.9 Å². The lowest BCUT2D eigenvalue weighted by Crippen LogP contribution is -2.43. The van der Waals surface area contributed by atoms with Gasteiger partial charge in [-0.3, -0.25) is 19.3 Å². The first-order valence-electron chi connectivity index (χ1n) is 9.59. The summed E-state index contributed by atoms with van der Waals surface area (Å²) >= 11 is 0. The van der Waals surface area contributed by atoms with E-state index in [0.717, 1.165) is 24.4 Å². The lowest BCUT2D eigenvalue weighted by molar-refractivity contribution is -0.126. The van der Waals surface area contributed by atoms with Crippen LogP contribution in [0.1, 0.15) is 47.9 Å². The highest BCUT2D eigenvalue weighted by Crippen LogP contribution is 2.20. The number of hydrogen-bond acceptors (Lipinski definition) is 4. The summed E-state index contributed by atoms with van der Waals surface area (Å²) in [4.78, 5) is 31.2. The second-order valence-electron chi connectivity index (χ2n) is 7.00. The third-order valence-electron chi connectivity index (χ3n) is 4.95. The normalized spacial score (nSPS) is 15.0. The summed E-state index contributed by atoms with van der Waals surface area (Å²) in [6.45, 7) is 6.40. The molecule has 1 aliphatic heterocycles. The van der Waals surface area contributed by atoms with E-state index in [2.05, 4.69) is 22.3 Å². The summed E-state index contributed by atoms with van der Waals surface area (Å²) in [6, 6.07) is 5.65. The van der Waals surface area contributed by atoms with Gasteiger partial charge < -0.3 is 10.2 Å². The first kappa shape index (κ1) is 19.1. The molecule has 1 fully saturated rings. The largest absolute Gasteiger partial charge is 0.350 e. The van der Waals surface area contributed by atoms with Crippen molar-refractivity contribution in [3.8, 4) is 0 Å². The number of hydrogen-bond donors (Lipinski definition) is 1. The molecule has 144 valence electrons. The van der Waals surface area contributed by atoms with Gasteiger partial charge in [0.05, 0.1) is 23.5 Å². The molecule has 27 heavy (non-hydrogen) atoms. The van der Waals surface area contributed by atoms with Crippen LogP contribution < -0.4 is 5.32 Å². The molecule has 0 radical (unpaired) electrons. The molecule has 0 unspecified atom stereocenters. The maximum absolute atomic E-state index is 12.8. The summed E-state index contributed by atoms with van der Waals surface area (Å²) in [6.07, 6.45) is 5.90. The Hall–Kier alpha value is -2.70. The number of rotatable bonds is 6. The van der Waals surface area contributed by atoms with Gasteiger partial charge in [-0.05, 0) is 38.3 Å². The van der Waals surface area contributed by atoms with Crippen LogP contribution in [0, 0.1) is 12.8 Å². The standard InChI is InChI=1S/C20H27N5O2/c1-3-10-25-14-18(15(2)23-25)20(27)24-11-7-16(8-12-24)19(26)22-13-17-6-4-5-9-21-17/h4-6,9,14,16H,3,7-8,10-13H2,1-2H3,(H,22,26). The van der Waals surface area contributed by atoms with E-state index in [-0.39, 0.29) is 17.7 Å². The number of amides is 2. The van der Waals surface area contributed by atoms with E-state index < -0.39 is 0 Å². The number of pyridine rings is 1. The van der Waals surface area contributed by atoms with Crippen LogP contribution in [0.15, 0.2) is 30.6 Å². The molecule has 0 aromatic carbocycles. The number of piperidine rings is 1. The highest BCUT2D eigenvalue weighted by molar-refractivity contribution is 5.95. The molecule has 2 aromatic heterocycles. The molecule has 1 N–H and O–H groups in total. The summed E-state index contributed by atoms with van der Waals surface area (Å²) < 4.78 is 1.83. The molecule has 7 nitrogen and oxygen atoms in total. The van der Waals surface area contributed by atoms with Gasteiger partial charge in [-0.1, -0.05) is 13.0 Å². The Kier molecular flexibility index (Phi) is 6.21. The third kappa shape index (κ3) is 4.72. The van der Waals surface area contributed by atoms with Crippen LogP contribution in [-0.2, 0) is 17.9 Å². The lowest BCUT2D eigenvalue weighted by Gasteiger charge is -2.31. The van der Waals surface area contributed by atoms with Crippen molar-refractivity contribution in [3.63, 3.8) is 0 Å². The first-order valence-corrected chi connectivity index (χ1v) is 9.59. The number of nitrogens with zero attached hydrogens (tertiary/aromatic N) is 4. The third-order valence-corrected chi connectivity index (χ3v) is 4.95. The number of carbonyl (C=O) groups excluding carboxylic acids is 2. The Morgan fingerprint density at radius 1 is 1.26 bits per heavy atom. The fourth-order valence-corrected chi connectivity index (χ4v) is 3.41. The molecule has 0 saturated carbocycles. The number of aryl methyl sites for hydroxylation is 2. The minimum absolute atomic E-state index is 0.0159. The Balaban J connectivity index is 1.50. The van der Waals surface area contributed by atoms with Crippen molar-refractivity contribution in [1.29, 1.82) is 0 Å². The Morgan fingerprint density at radius 3 is 2.70 bits per heavy atom. The van der Waals surface area contributed by atoms with Gasteiger partial charge in [0.2, 0.25) is 5.91 Å². The zero-order valence-electron chi connectivity index (χ0n) is 16.0. The van der Waals surface area contributed by atoms with Crippen molar-refractivity contribution in [2.75, 3.05) is 13.1 Å². The molecule has 2 amide bonds. The fraction of sp³-hybridized carbons (Fsp3) is 0.500. The zero-order chi connectivity index (χ0) is 19.2. The van der Waals surface area contributed by atoms with E-state index in [0.29, 0.717) is 38.0 Å². The van der Waals surface area contributed by atoms with Crippen molar-refractivity contribution in [3.05, 3.63) is 47.5 Å².